The van der Waals surface area contributed by atoms with Crippen LogP contribution in [0.3, 0.4) is 0 Å². The van der Waals surface area contributed by atoms with Crippen molar-refractivity contribution >= 4 is 5.91 Å². The molecule has 0 saturated heterocycles. The van der Waals surface area contributed by atoms with Crippen molar-refractivity contribution < 1.29 is 28.2 Å². The molecule has 3 rings (SSSR count). The Hall–Kier alpha value is -3.61. The molecule has 0 saturated carbocycles. The third-order valence-electron chi connectivity index (χ3n) is 4.75. The number of carbonyl (C=O) groups excluding carboxylic acids is 1. The topological polar surface area (TPSA) is 59.0 Å². The minimum atomic E-state index is -2.99. The molecule has 7 heteroatoms. The van der Waals surface area contributed by atoms with E-state index in [1.807, 2.05) is 30.3 Å². The van der Waals surface area contributed by atoms with Crippen molar-refractivity contribution in [2.24, 2.45) is 0 Å². The summed E-state index contributed by atoms with van der Waals surface area (Å²) < 4.78 is 34.8. The molecule has 3 aromatic rings. The van der Waals surface area contributed by atoms with Crippen molar-refractivity contribution in [1.29, 1.82) is 0 Å². The minimum Gasteiger partial charge on any atom is -0.507 e. The van der Waals surface area contributed by atoms with E-state index in [1.165, 1.54) is 30.2 Å². The van der Waals surface area contributed by atoms with E-state index < -0.39 is 6.61 Å². The van der Waals surface area contributed by atoms with Gasteiger partial charge in [0.1, 0.15) is 5.75 Å². The molecule has 0 spiro atoms. The standard InChI is InChI=1S/C24H23F2NO4/c1-27(15-18-9-11-21(30-2)22(14-18)31-24(25)26)23(29)19-13-17(8-10-20(19)28)12-16-6-4-3-5-7-16/h3-11,13-14,24,28H,12,15H2,1-2H3. The van der Waals surface area contributed by atoms with Gasteiger partial charge in [-0.15, -0.1) is 0 Å². The number of alkyl halides is 2. The zero-order valence-electron chi connectivity index (χ0n) is 17.2. The van der Waals surface area contributed by atoms with Crippen molar-refractivity contribution in [1.82, 2.24) is 4.90 Å². The molecule has 0 unspecified atom stereocenters. The number of nitrogens with zero attached hydrogens (tertiary/aromatic N) is 1. The molecule has 0 aromatic heterocycles. The first kappa shape index (κ1) is 22.1. The highest BCUT2D eigenvalue weighted by molar-refractivity contribution is 5.96. The molecule has 0 aliphatic rings. The molecular formula is C24H23F2NO4. The molecule has 1 N–H and O–H groups in total. The summed E-state index contributed by atoms with van der Waals surface area (Å²) >= 11 is 0. The number of phenols is 1. The molecule has 0 fully saturated rings. The highest BCUT2D eigenvalue weighted by Gasteiger charge is 2.18. The molecule has 31 heavy (non-hydrogen) atoms. The van der Waals surface area contributed by atoms with Crippen LogP contribution in [0.5, 0.6) is 17.2 Å². The molecule has 1 amide bonds. The highest BCUT2D eigenvalue weighted by atomic mass is 19.3. The molecule has 162 valence electrons. The van der Waals surface area contributed by atoms with E-state index >= 15 is 0 Å². The van der Waals surface area contributed by atoms with Crippen LogP contribution in [-0.4, -0.2) is 36.7 Å². The van der Waals surface area contributed by atoms with Crippen LogP contribution in [0.1, 0.15) is 27.0 Å². The lowest BCUT2D eigenvalue weighted by Gasteiger charge is -2.19. The first-order valence-corrected chi connectivity index (χ1v) is 9.60. The van der Waals surface area contributed by atoms with Gasteiger partial charge in [0.2, 0.25) is 0 Å². The fourth-order valence-electron chi connectivity index (χ4n) is 3.25. The second-order valence-corrected chi connectivity index (χ2v) is 7.04. The van der Waals surface area contributed by atoms with E-state index in [1.54, 1.807) is 25.2 Å². The Balaban J connectivity index is 1.77. The zero-order valence-corrected chi connectivity index (χ0v) is 17.2. The predicted octanol–water partition coefficient (Wildman–Crippen LogP) is 4.87. The van der Waals surface area contributed by atoms with Gasteiger partial charge in [-0.2, -0.15) is 8.78 Å². The SMILES string of the molecule is COc1ccc(CN(C)C(=O)c2cc(Cc3ccccc3)ccc2O)cc1OC(F)F. The lowest BCUT2D eigenvalue weighted by molar-refractivity contribution is -0.0512. The van der Waals surface area contributed by atoms with Gasteiger partial charge < -0.3 is 19.5 Å². The van der Waals surface area contributed by atoms with Gasteiger partial charge in [0.05, 0.1) is 12.7 Å². The molecule has 0 aliphatic heterocycles. The summed E-state index contributed by atoms with van der Waals surface area (Å²) in [6, 6.07) is 19.3. The summed E-state index contributed by atoms with van der Waals surface area (Å²) in [7, 11) is 2.93. The normalized spacial score (nSPS) is 10.7. The number of ether oxygens (including phenoxy) is 2. The van der Waals surface area contributed by atoms with Crippen molar-refractivity contribution in [2.45, 2.75) is 19.6 Å². The zero-order chi connectivity index (χ0) is 22.4. The average Bonchev–Trinajstić information content (AvgIpc) is 2.75. The predicted molar refractivity (Wildman–Crippen MR) is 113 cm³/mol. The van der Waals surface area contributed by atoms with Gasteiger partial charge in [0.25, 0.3) is 5.91 Å². The lowest BCUT2D eigenvalue weighted by atomic mass is 10.0. The van der Waals surface area contributed by atoms with Crippen LogP contribution in [-0.2, 0) is 13.0 Å². The number of halogens is 2. The maximum Gasteiger partial charge on any atom is 0.387 e. The average molecular weight is 427 g/mol. The number of rotatable bonds is 8. The second-order valence-electron chi connectivity index (χ2n) is 7.04. The Labute approximate surface area is 179 Å². The smallest absolute Gasteiger partial charge is 0.387 e. The van der Waals surface area contributed by atoms with Gasteiger partial charge in [-0.3, -0.25) is 4.79 Å². The van der Waals surface area contributed by atoms with E-state index in [4.69, 9.17) is 4.74 Å². The number of benzene rings is 3. The minimum absolute atomic E-state index is 0.108. The van der Waals surface area contributed by atoms with Crippen LogP contribution in [0, 0.1) is 0 Å². The summed E-state index contributed by atoms with van der Waals surface area (Å²) in [5.74, 6) is -0.447. The number of phenolic OH excluding ortho intramolecular Hbond substituents is 1. The third kappa shape index (κ3) is 5.72. The van der Waals surface area contributed by atoms with E-state index in [0.717, 1.165) is 11.1 Å². The number of hydrogen-bond acceptors (Lipinski definition) is 4. The maximum absolute atomic E-state index is 13.0. The van der Waals surface area contributed by atoms with E-state index in [9.17, 15) is 18.7 Å². The Morgan fingerprint density at radius 2 is 1.68 bits per heavy atom. The van der Waals surface area contributed by atoms with E-state index in [0.29, 0.717) is 12.0 Å². The number of methoxy groups -OCH3 is 1. The van der Waals surface area contributed by atoms with E-state index in [2.05, 4.69) is 4.74 Å². The third-order valence-corrected chi connectivity index (χ3v) is 4.75. The largest absolute Gasteiger partial charge is 0.507 e. The van der Waals surface area contributed by atoms with Gasteiger partial charge in [-0.05, 0) is 47.4 Å². The van der Waals surface area contributed by atoms with Crippen LogP contribution in [0.2, 0.25) is 0 Å². The first-order valence-electron chi connectivity index (χ1n) is 9.60. The van der Waals surface area contributed by atoms with Crippen LogP contribution in [0.15, 0.2) is 66.7 Å². The molecule has 0 bridgehead atoms. The molecule has 0 aliphatic carbocycles. The summed E-state index contributed by atoms with van der Waals surface area (Å²) in [5.41, 5.74) is 2.73. The molecule has 3 aromatic carbocycles. The maximum atomic E-state index is 13.0. The fraction of sp³-hybridized carbons (Fsp3) is 0.208. The van der Waals surface area contributed by atoms with Gasteiger partial charge in [-0.1, -0.05) is 42.5 Å². The van der Waals surface area contributed by atoms with Crippen molar-refractivity contribution in [3.05, 3.63) is 89.0 Å². The number of hydrogen-bond donors (Lipinski definition) is 1. The summed E-state index contributed by atoms with van der Waals surface area (Å²) in [6.45, 7) is -2.86. The Morgan fingerprint density at radius 3 is 2.35 bits per heavy atom. The summed E-state index contributed by atoms with van der Waals surface area (Å²) in [6.07, 6.45) is 0.623. The first-order chi connectivity index (χ1) is 14.9. The van der Waals surface area contributed by atoms with Crippen LogP contribution >= 0.6 is 0 Å². The van der Waals surface area contributed by atoms with Gasteiger partial charge in [0.15, 0.2) is 11.5 Å². The molecule has 0 heterocycles. The molecule has 5 nitrogen and oxygen atoms in total. The molecule has 0 radical (unpaired) electrons. The van der Waals surface area contributed by atoms with Crippen molar-refractivity contribution in [2.75, 3.05) is 14.2 Å². The van der Waals surface area contributed by atoms with Crippen LogP contribution < -0.4 is 9.47 Å². The quantitative estimate of drug-likeness (QED) is 0.558. The highest BCUT2D eigenvalue weighted by Crippen LogP contribution is 2.30. The van der Waals surface area contributed by atoms with Gasteiger partial charge >= 0.3 is 6.61 Å². The molecular weight excluding hydrogens is 404 g/mol. The van der Waals surface area contributed by atoms with Crippen LogP contribution in [0.4, 0.5) is 8.78 Å². The lowest BCUT2D eigenvalue weighted by Crippen LogP contribution is -2.26. The Morgan fingerprint density at radius 1 is 0.968 bits per heavy atom. The molecule has 0 atom stereocenters. The number of aromatic hydroxyl groups is 1. The fourth-order valence-corrected chi connectivity index (χ4v) is 3.25. The monoisotopic (exact) mass is 427 g/mol. The van der Waals surface area contributed by atoms with Crippen molar-refractivity contribution in [3.63, 3.8) is 0 Å². The second kappa shape index (κ2) is 9.93. The van der Waals surface area contributed by atoms with Gasteiger partial charge in [0, 0.05) is 13.6 Å². The van der Waals surface area contributed by atoms with Gasteiger partial charge in [-0.25, -0.2) is 0 Å². The Kier molecular flexibility index (Phi) is 7.07. The van der Waals surface area contributed by atoms with Crippen molar-refractivity contribution in [3.8, 4) is 17.2 Å². The summed E-state index contributed by atoms with van der Waals surface area (Å²) in [5, 5.41) is 10.2. The number of amides is 1. The summed E-state index contributed by atoms with van der Waals surface area (Å²) in [4.78, 5) is 14.3. The Bertz CT molecular complexity index is 1040. The van der Waals surface area contributed by atoms with E-state index in [-0.39, 0.29) is 35.3 Å². The number of carbonyl (C=O) groups is 1. The van der Waals surface area contributed by atoms with Crippen LogP contribution in [0.25, 0.3) is 0 Å².